The molecule has 0 amide bonds. The molecule has 0 aromatic carbocycles. The monoisotopic (exact) mass is 293 g/mol. The number of rotatable bonds is 6. The van der Waals surface area contributed by atoms with Crippen molar-refractivity contribution in [2.45, 2.75) is 57.9 Å². The molecular formula is C18H35N3. The molecule has 0 aromatic rings. The van der Waals surface area contributed by atoms with E-state index in [0.717, 1.165) is 5.92 Å². The quantitative estimate of drug-likeness (QED) is 0.745. The minimum Gasteiger partial charge on any atom is -0.304 e. The van der Waals surface area contributed by atoms with Crippen LogP contribution in [0, 0.1) is 5.92 Å². The molecule has 1 spiro atoms. The number of likely N-dealkylation sites (tertiary alicyclic amines) is 1. The van der Waals surface area contributed by atoms with Crippen LogP contribution in [0.1, 0.15) is 52.4 Å². The van der Waals surface area contributed by atoms with E-state index < -0.39 is 0 Å². The minimum atomic E-state index is 0.611. The summed E-state index contributed by atoms with van der Waals surface area (Å²) >= 11 is 0. The van der Waals surface area contributed by atoms with Crippen molar-refractivity contribution in [2.24, 2.45) is 5.92 Å². The van der Waals surface area contributed by atoms with Crippen molar-refractivity contribution in [2.75, 3.05) is 52.4 Å². The molecule has 0 aromatic heterocycles. The van der Waals surface area contributed by atoms with Gasteiger partial charge in [-0.2, -0.15) is 0 Å². The second kappa shape index (κ2) is 6.97. The second-order valence-corrected chi connectivity index (χ2v) is 7.65. The van der Waals surface area contributed by atoms with Crippen molar-refractivity contribution in [3.8, 4) is 0 Å². The molecule has 1 saturated carbocycles. The lowest BCUT2D eigenvalue weighted by atomic mass is 9.93. The first kappa shape index (κ1) is 15.8. The topological polar surface area (TPSA) is 9.72 Å². The SMILES string of the molecule is CCCN1CCN(CCC2CCN(CC)CC2)CC12CC2. The van der Waals surface area contributed by atoms with E-state index in [9.17, 15) is 0 Å². The fourth-order valence-corrected chi connectivity index (χ4v) is 4.48. The van der Waals surface area contributed by atoms with E-state index in [0.29, 0.717) is 5.54 Å². The van der Waals surface area contributed by atoms with E-state index in [4.69, 9.17) is 0 Å². The van der Waals surface area contributed by atoms with Crippen molar-refractivity contribution in [3.63, 3.8) is 0 Å². The molecular weight excluding hydrogens is 258 g/mol. The zero-order valence-electron chi connectivity index (χ0n) is 14.3. The van der Waals surface area contributed by atoms with Crippen LogP contribution in [0.2, 0.25) is 0 Å². The second-order valence-electron chi connectivity index (χ2n) is 7.65. The molecule has 0 unspecified atom stereocenters. The molecule has 3 rings (SSSR count). The molecule has 3 heteroatoms. The van der Waals surface area contributed by atoms with Gasteiger partial charge in [0.1, 0.15) is 0 Å². The van der Waals surface area contributed by atoms with Crippen LogP contribution in [0.15, 0.2) is 0 Å². The maximum atomic E-state index is 2.79. The van der Waals surface area contributed by atoms with Gasteiger partial charge in [-0.15, -0.1) is 0 Å². The van der Waals surface area contributed by atoms with Crippen LogP contribution in [0.3, 0.4) is 0 Å². The van der Waals surface area contributed by atoms with Crippen molar-refractivity contribution >= 4 is 0 Å². The summed E-state index contributed by atoms with van der Waals surface area (Å²) in [6, 6.07) is 0. The Balaban J connectivity index is 1.39. The van der Waals surface area contributed by atoms with Crippen LogP contribution in [-0.2, 0) is 0 Å². The van der Waals surface area contributed by atoms with Gasteiger partial charge in [0.2, 0.25) is 0 Å². The highest BCUT2D eigenvalue weighted by Gasteiger charge is 2.50. The lowest BCUT2D eigenvalue weighted by Gasteiger charge is -2.43. The summed E-state index contributed by atoms with van der Waals surface area (Å²) < 4.78 is 0. The van der Waals surface area contributed by atoms with Crippen LogP contribution >= 0.6 is 0 Å². The van der Waals surface area contributed by atoms with Gasteiger partial charge in [0, 0.05) is 25.2 Å². The Morgan fingerprint density at radius 2 is 1.67 bits per heavy atom. The van der Waals surface area contributed by atoms with Crippen molar-refractivity contribution in [3.05, 3.63) is 0 Å². The third-order valence-electron chi connectivity index (χ3n) is 6.20. The van der Waals surface area contributed by atoms with Gasteiger partial charge in [0.05, 0.1) is 0 Å². The number of hydrogen-bond acceptors (Lipinski definition) is 3. The highest BCUT2D eigenvalue weighted by Crippen LogP contribution is 2.44. The fraction of sp³-hybridized carbons (Fsp3) is 1.00. The van der Waals surface area contributed by atoms with Gasteiger partial charge >= 0.3 is 0 Å². The van der Waals surface area contributed by atoms with Crippen LogP contribution in [0.25, 0.3) is 0 Å². The summed E-state index contributed by atoms with van der Waals surface area (Å²) in [6.07, 6.45) is 8.56. The number of piperidine rings is 1. The van der Waals surface area contributed by atoms with E-state index in [1.165, 1.54) is 90.9 Å². The van der Waals surface area contributed by atoms with Crippen LogP contribution < -0.4 is 0 Å². The molecule has 0 atom stereocenters. The summed E-state index contributed by atoms with van der Waals surface area (Å²) in [5, 5.41) is 0. The Kier molecular flexibility index (Phi) is 5.23. The molecule has 2 aliphatic heterocycles. The molecule has 0 N–H and O–H groups in total. The first-order valence-corrected chi connectivity index (χ1v) is 9.45. The molecule has 3 nitrogen and oxygen atoms in total. The normalized spacial score (nSPS) is 28.3. The molecule has 0 radical (unpaired) electrons. The minimum absolute atomic E-state index is 0.611. The fourth-order valence-electron chi connectivity index (χ4n) is 4.48. The summed E-state index contributed by atoms with van der Waals surface area (Å²) in [5.41, 5.74) is 0.611. The van der Waals surface area contributed by atoms with Crippen molar-refractivity contribution in [1.29, 1.82) is 0 Å². The number of piperazine rings is 1. The summed E-state index contributed by atoms with van der Waals surface area (Å²) in [5.74, 6) is 0.997. The zero-order valence-corrected chi connectivity index (χ0v) is 14.3. The lowest BCUT2D eigenvalue weighted by molar-refractivity contribution is 0.0534. The number of nitrogens with zero attached hydrogens (tertiary/aromatic N) is 3. The van der Waals surface area contributed by atoms with Gasteiger partial charge in [0.25, 0.3) is 0 Å². The first-order valence-electron chi connectivity index (χ1n) is 9.45. The van der Waals surface area contributed by atoms with Gasteiger partial charge in [-0.25, -0.2) is 0 Å². The average molecular weight is 293 g/mol. The van der Waals surface area contributed by atoms with Gasteiger partial charge < -0.3 is 9.80 Å². The van der Waals surface area contributed by atoms with Crippen LogP contribution in [-0.4, -0.2) is 72.6 Å². The molecule has 2 heterocycles. The molecule has 3 fully saturated rings. The van der Waals surface area contributed by atoms with Crippen LogP contribution in [0.5, 0.6) is 0 Å². The molecule has 1 aliphatic carbocycles. The van der Waals surface area contributed by atoms with E-state index in [1.807, 2.05) is 0 Å². The van der Waals surface area contributed by atoms with Gasteiger partial charge in [-0.3, -0.25) is 4.90 Å². The van der Waals surface area contributed by atoms with Crippen molar-refractivity contribution < 1.29 is 0 Å². The van der Waals surface area contributed by atoms with Gasteiger partial charge in [-0.05, 0) is 77.2 Å². The summed E-state index contributed by atoms with van der Waals surface area (Å²) in [7, 11) is 0. The smallest absolute Gasteiger partial charge is 0.0338 e. The Morgan fingerprint density at radius 3 is 2.29 bits per heavy atom. The molecule has 0 bridgehead atoms. The maximum absolute atomic E-state index is 2.79. The van der Waals surface area contributed by atoms with E-state index in [1.54, 1.807) is 0 Å². The predicted octanol–water partition coefficient (Wildman–Crippen LogP) is 2.67. The van der Waals surface area contributed by atoms with E-state index in [2.05, 4.69) is 28.5 Å². The maximum Gasteiger partial charge on any atom is 0.0338 e. The first-order chi connectivity index (χ1) is 10.3. The van der Waals surface area contributed by atoms with Gasteiger partial charge in [0.15, 0.2) is 0 Å². The third-order valence-corrected chi connectivity index (χ3v) is 6.20. The predicted molar refractivity (Wildman–Crippen MR) is 89.7 cm³/mol. The number of hydrogen-bond donors (Lipinski definition) is 0. The van der Waals surface area contributed by atoms with Gasteiger partial charge in [-0.1, -0.05) is 13.8 Å². The Morgan fingerprint density at radius 1 is 0.905 bits per heavy atom. The lowest BCUT2D eigenvalue weighted by Crippen LogP contribution is -2.55. The highest BCUT2D eigenvalue weighted by molar-refractivity contribution is 5.08. The summed E-state index contributed by atoms with van der Waals surface area (Å²) in [4.78, 5) is 8.19. The third kappa shape index (κ3) is 3.80. The molecule has 122 valence electrons. The van der Waals surface area contributed by atoms with Crippen molar-refractivity contribution in [1.82, 2.24) is 14.7 Å². The standard InChI is InChI=1S/C18H35N3/c1-3-10-21-15-14-20(16-18(21)8-9-18)13-7-17-5-11-19(4-2)12-6-17/h17H,3-16H2,1-2H3. The zero-order chi connectivity index (χ0) is 14.7. The Bertz CT molecular complexity index is 318. The highest BCUT2D eigenvalue weighted by atomic mass is 15.3. The average Bonchev–Trinajstić information content (AvgIpc) is 3.28. The molecule has 3 aliphatic rings. The largest absolute Gasteiger partial charge is 0.304 e. The summed E-state index contributed by atoms with van der Waals surface area (Å²) in [6.45, 7) is 15.2. The van der Waals surface area contributed by atoms with E-state index in [-0.39, 0.29) is 0 Å². The molecule has 2 saturated heterocycles. The van der Waals surface area contributed by atoms with E-state index >= 15 is 0 Å². The van der Waals surface area contributed by atoms with Crippen LogP contribution in [0.4, 0.5) is 0 Å². The Labute approximate surface area is 131 Å². The molecule has 21 heavy (non-hydrogen) atoms. The Hall–Kier alpha value is -0.120.